The zero-order valence-corrected chi connectivity index (χ0v) is 16.7. The standard InChI is InChI=1S/C20H26N2O6/c1-13-9-15(21-16(20(25)27-4)11-18(24)26-3)10-14(2)19(13)28-12-17(23)22-7-5-6-8-22/h9-11,21H,5-8,12H2,1-4H3/b16-11+. The number of carbonyl (C=O) groups is 3. The van der Waals surface area contributed by atoms with Gasteiger partial charge in [0, 0.05) is 18.8 Å². The van der Waals surface area contributed by atoms with Gasteiger partial charge in [-0.1, -0.05) is 0 Å². The van der Waals surface area contributed by atoms with Crippen LogP contribution in [-0.2, 0) is 23.9 Å². The molecule has 0 saturated carbocycles. The van der Waals surface area contributed by atoms with Gasteiger partial charge in [-0.2, -0.15) is 0 Å². The average Bonchev–Trinajstić information content (AvgIpc) is 3.20. The number of methoxy groups -OCH3 is 2. The molecule has 0 spiro atoms. The number of rotatable bonds is 7. The molecule has 8 heteroatoms. The SMILES string of the molecule is COC(=O)/C=C(/Nc1cc(C)c(OCC(=O)N2CCCC2)c(C)c1)C(=O)OC. The Hall–Kier alpha value is -3.03. The smallest absolute Gasteiger partial charge is 0.354 e. The molecule has 8 nitrogen and oxygen atoms in total. The van der Waals surface area contributed by atoms with Gasteiger partial charge < -0.3 is 24.4 Å². The molecule has 0 aromatic heterocycles. The molecule has 28 heavy (non-hydrogen) atoms. The van der Waals surface area contributed by atoms with Crippen LogP contribution in [0.4, 0.5) is 5.69 Å². The molecule has 152 valence electrons. The van der Waals surface area contributed by atoms with Crippen LogP contribution in [0.15, 0.2) is 23.9 Å². The normalized spacial score (nSPS) is 13.9. The van der Waals surface area contributed by atoms with E-state index in [0.717, 1.165) is 43.1 Å². The first-order chi connectivity index (χ1) is 13.3. The number of likely N-dealkylation sites (tertiary alicyclic amines) is 1. The number of nitrogens with zero attached hydrogens (tertiary/aromatic N) is 1. The number of carbonyl (C=O) groups excluding carboxylic acids is 3. The van der Waals surface area contributed by atoms with Crippen LogP contribution in [0.25, 0.3) is 0 Å². The molecule has 1 saturated heterocycles. The third-order valence-corrected chi connectivity index (χ3v) is 4.41. The summed E-state index contributed by atoms with van der Waals surface area (Å²) >= 11 is 0. The maximum Gasteiger partial charge on any atom is 0.354 e. The number of ether oxygens (including phenoxy) is 3. The van der Waals surface area contributed by atoms with Crippen molar-refractivity contribution >= 4 is 23.5 Å². The molecule has 1 aliphatic rings. The van der Waals surface area contributed by atoms with E-state index in [1.54, 1.807) is 17.0 Å². The monoisotopic (exact) mass is 390 g/mol. The summed E-state index contributed by atoms with van der Waals surface area (Å²) in [6, 6.07) is 3.52. The average molecular weight is 390 g/mol. The van der Waals surface area contributed by atoms with Crippen molar-refractivity contribution in [1.29, 1.82) is 0 Å². The molecule has 1 aliphatic heterocycles. The van der Waals surface area contributed by atoms with Crippen molar-refractivity contribution < 1.29 is 28.6 Å². The Balaban J connectivity index is 2.13. The fourth-order valence-corrected chi connectivity index (χ4v) is 3.03. The second kappa shape index (κ2) is 9.77. The van der Waals surface area contributed by atoms with Gasteiger partial charge in [-0.3, -0.25) is 4.79 Å². The van der Waals surface area contributed by atoms with Gasteiger partial charge in [-0.05, 0) is 49.9 Å². The summed E-state index contributed by atoms with van der Waals surface area (Å²) in [4.78, 5) is 37.3. The summed E-state index contributed by atoms with van der Waals surface area (Å²) in [5.41, 5.74) is 2.11. The van der Waals surface area contributed by atoms with Gasteiger partial charge in [-0.25, -0.2) is 9.59 Å². The van der Waals surface area contributed by atoms with Crippen LogP contribution < -0.4 is 10.1 Å². The second-order valence-electron chi connectivity index (χ2n) is 6.51. The molecule has 0 bridgehead atoms. The van der Waals surface area contributed by atoms with Crippen molar-refractivity contribution in [3.63, 3.8) is 0 Å². The molecular weight excluding hydrogens is 364 g/mol. The molecule has 0 aliphatic carbocycles. The first-order valence-electron chi connectivity index (χ1n) is 9.02. The van der Waals surface area contributed by atoms with Gasteiger partial charge in [0.1, 0.15) is 11.4 Å². The topological polar surface area (TPSA) is 94.2 Å². The highest BCUT2D eigenvalue weighted by Crippen LogP contribution is 2.28. The van der Waals surface area contributed by atoms with E-state index in [0.29, 0.717) is 11.4 Å². The highest BCUT2D eigenvalue weighted by Gasteiger charge is 2.19. The molecule has 1 heterocycles. The van der Waals surface area contributed by atoms with Crippen LogP contribution in [0.2, 0.25) is 0 Å². The molecule has 0 unspecified atom stereocenters. The van der Waals surface area contributed by atoms with Crippen molar-refractivity contribution in [3.8, 4) is 5.75 Å². The summed E-state index contributed by atoms with van der Waals surface area (Å²) in [6.45, 7) is 5.24. The van der Waals surface area contributed by atoms with E-state index in [-0.39, 0.29) is 18.2 Å². The maximum absolute atomic E-state index is 12.2. The van der Waals surface area contributed by atoms with Crippen molar-refractivity contribution in [3.05, 3.63) is 35.0 Å². The lowest BCUT2D eigenvalue weighted by Gasteiger charge is -2.18. The Morgan fingerprint density at radius 3 is 2.21 bits per heavy atom. The summed E-state index contributed by atoms with van der Waals surface area (Å²) in [6.07, 6.45) is 3.09. The van der Waals surface area contributed by atoms with Crippen LogP contribution in [-0.4, -0.2) is 56.7 Å². The van der Waals surface area contributed by atoms with E-state index in [1.807, 2.05) is 13.8 Å². The molecule has 0 radical (unpaired) electrons. The summed E-state index contributed by atoms with van der Waals surface area (Å²) in [7, 11) is 2.44. The zero-order chi connectivity index (χ0) is 20.7. The predicted molar refractivity (Wildman–Crippen MR) is 103 cm³/mol. The molecular formula is C20H26N2O6. The first kappa shape index (κ1) is 21.3. The van der Waals surface area contributed by atoms with Crippen molar-refractivity contribution in [2.75, 3.05) is 39.2 Å². The van der Waals surface area contributed by atoms with E-state index < -0.39 is 11.9 Å². The number of anilines is 1. The van der Waals surface area contributed by atoms with Gasteiger partial charge in [0.25, 0.3) is 5.91 Å². The zero-order valence-electron chi connectivity index (χ0n) is 16.7. The number of amides is 1. The van der Waals surface area contributed by atoms with Gasteiger partial charge in [-0.15, -0.1) is 0 Å². The van der Waals surface area contributed by atoms with Crippen molar-refractivity contribution in [2.24, 2.45) is 0 Å². The summed E-state index contributed by atoms with van der Waals surface area (Å²) in [5, 5.41) is 2.87. The predicted octanol–water partition coefficient (Wildman–Crippen LogP) is 1.95. The molecule has 2 rings (SSSR count). The van der Waals surface area contributed by atoms with Crippen LogP contribution >= 0.6 is 0 Å². The highest BCUT2D eigenvalue weighted by atomic mass is 16.5. The lowest BCUT2D eigenvalue weighted by atomic mass is 10.1. The van der Waals surface area contributed by atoms with E-state index in [1.165, 1.54) is 14.2 Å². The van der Waals surface area contributed by atoms with Crippen LogP contribution in [0, 0.1) is 13.8 Å². The second-order valence-corrected chi connectivity index (χ2v) is 6.51. The minimum absolute atomic E-state index is 0.00981. The molecule has 1 aromatic carbocycles. The minimum Gasteiger partial charge on any atom is -0.483 e. The van der Waals surface area contributed by atoms with E-state index >= 15 is 0 Å². The summed E-state index contributed by atoms with van der Waals surface area (Å²) in [5.74, 6) is -0.777. The quantitative estimate of drug-likeness (QED) is 0.562. The maximum atomic E-state index is 12.2. The molecule has 1 aromatic rings. The van der Waals surface area contributed by atoms with Gasteiger partial charge in [0.15, 0.2) is 6.61 Å². The Labute approximate surface area is 164 Å². The molecule has 1 fully saturated rings. The molecule has 1 amide bonds. The largest absolute Gasteiger partial charge is 0.483 e. The molecule has 0 atom stereocenters. The number of esters is 2. The lowest BCUT2D eigenvalue weighted by Crippen LogP contribution is -2.32. The third kappa shape index (κ3) is 5.48. The number of benzene rings is 1. The van der Waals surface area contributed by atoms with Crippen LogP contribution in [0.3, 0.4) is 0 Å². The fourth-order valence-electron chi connectivity index (χ4n) is 3.03. The van der Waals surface area contributed by atoms with Gasteiger partial charge in [0.05, 0.1) is 20.3 Å². The highest BCUT2D eigenvalue weighted by molar-refractivity contribution is 5.98. The number of hydrogen-bond acceptors (Lipinski definition) is 7. The lowest BCUT2D eigenvalue weighted by molar-refractivity contribution is -0.138. The van der Waals surface area contributed by atoms with Crippen molar-refractivity contribution in [1.82, 2.24) is 4.90 Å². The Kier molecular flexibility index (Phi) is 7.43. The Morgan fingerprint density at radius 2 is 1.68 bits per heavy atom. The van der Waals surface area contributed by atoms with Crippen LogP contribution in [0.1, 0.15) is 24.0 Å². The Bertz CT molecular complexity index is 758. The first-order valence-corrected chi connectivity index (χ1v) is 9.02. The summed E-state index contributed by atoms with van der Waals surface area (Å²) < 4.78 is 15.0. The Morgan fingerprint density at radius 1 is 1.07 bits per heavy atom. The van der Waals surface area contributed by atoms with E-state index in [9.17, 15) is 14.4 Å². The number of nitrogens with one attached hydrogen (secondary N) is 1. The van der Waals surface area contributed by atoms with Gasteiger partial charge >= 0.3 is 11.9 Å². The third-order valence-electron chi connectivity index (χ3n) is 4.41. The minimum atomic E-state index is -0.697. The number of aryl methyl sites for hydroxylation is 2. The van der Waals surface area contributed by atoms with Gasteiger partial charge in [0.2, 0.25) is 0 Å². The van der Waals surface area contributed by atoms with E-state index in [2.05, 4.69) is 14.8 Å². The molecule has 1 N–H and O–H groups in total. The fraction of sp³-hybridized carbons (Fsp3) is 0.450. The van der Waals surface area contributed by atoms with Crippen LogP contribution in [0.5, 0.6) is 5.75 Å². The van der Waals surface area contributed by atoms with Crippen molar-refractivity contribution in [2.45, 2.75) is 26.7 Å². The number of hydrogen-bond donors (Lipinski definition) is 1. The van der Waals surface area contributed by atoms with E-state index in [4.69, 9.17) is 4.74 Å².